The van der Waals surface area contributed by atoms with Crippen LogP contribution in [0, 0.1) is 22.0 Å². The van der Waals surface area contributed by atoms with Gasteiger partial charge in [-0.2, -0.15) is 0 Å². The van der Waals surface area contributed by atoms with Gasteiger partial charge in [0, 0.05) is 52.4 Å². The minimum Gasteiger partial charge on any atom is -0.469 e. The molecular formula is C29H41NO15. The van der Waals surface area contributed by atoms with Gasteiger partial charge in [-0.25, -0.2) is 0 Å². The first-order valence-corrected chi connectivity index (χ1v) is 14.0. The molecule has 1 rings (SSSR count). The third-order valence-electron chi connectivity index (χ3n) is 7.45. The summed E-state index contributed by atoms with van der Waals surface area (Å²) in [6.45, 7) is 8.60. The van der Waals surface area contributed by atoms with Gasteiger partial charge in [-0.3, -0.25) is 43.7 Å². The molecule has 0 aliphatic heterocycles. The molecule has 0 saturated heterocycles. The molecule has 0 fully saturated rings. The van der Waals surface area contributed by atoms with Crippen molar-refractivity contribution in [3.8, 4) is 0 Å². The highest BCUT2D eigenvalue weighted by Crippen LogP contribution is 2.49. The van der Waals surface area contributed by atoms with E-state index in [1.807, 2.05) is 0 Å². The van der Waals surface area contributed by atoms with Crippen molar-refractivity contribution in [1.29, 1.82) is 0 Å². The van der Waals surface area contributed by atoms with Gasteiger partial charge in [0.25, 0.3) is 0 Å². The number of esters is 6. The smallest absolute Gasteiger partial charge is 0.316 e. The predicted molar refractivity (Wildman–Crippen MR) is 150 cm³/mol. The summed E-state index contributed by atoms with van der Waals surface area (Å²) >= 11 is 0. The van der Waals surface area contributed by atoms with Crippen molar-refractivity contribution in [2.75, 3.05) is 13.7 Å². The Labute approximate surface area is 260 Å². The van der Waals surface area contributed by atoms with Gasteiger partial charge in [-0.1, -0.05) is 11.1 Å². The van der Waals surface area contributed by atoms with Crippen molar-refractivity contribution >= 4 is 41.6 Å². The van der Waals surface area contributed by atoms with Crippen LogP contribution < -0.4 is 0 Å². The van der Waals surface area contributed by atoms with Gasteiger partial charge >= 0.3 is 35.8 Å². The number of carbonyl (C=O) groups excluding carboxylic acids is 7. The molecule has 1 aliphatic rings. The molecule has 0 amide bonds. The van der Waals surface area contributed by atoms with Gasteiger partial charge < -0.3 is 28.4 Å². The summed E-state index contributed by atoms with van der Waals surface area (Å²) in [6.07, 6.45) is -8.58. The summed E-state index contributed by atoms with van der Waals surface area (Å²) in [6, 6.07) is 0. The molecule has 0 N–H and O–H groups in total. The van der Waals surface area contributed by atoms with Gasteiger partial charge in [0.05, 0.1) is 13.0 Å². The lowest BCUT2D eigenvalue weighted by molar-refractivity contribution is -0.593. The fourth-order valence-corrected chi connectivity index (χ4v) is 5.63. The topological polar surface area (TPSA) is 218 Å². The summed E-state index contributed by atoms with van der Waals surface area (Å²) in [7, 11) is 0.996. The quantitative estimate of drug-likeness (QED) is 0.0817. The molecule has 1 aliphatic carbocycles. The van der Waals surface area contributed by atoms with Crippen LogP contribution in [0.3, 0.4) is 0 Å². The third kappa shape index (κ3) is 10.4. The minimum absolute atomic E-state index is 0.219. The molecule has 16 heteroatoms. The summed E-state index contributed by atoms with van der Waals surface area (Å²) in [5.74, 6) is -9.71. The van der Waals surface area contributed by atoms with Gasteiger partial charge in [-0.15, -0.1) is 0 Å². The number of hydrogen-bond donors (Lipinski definition) is 0. The molecule has 45 heavy (non-hydrogen) atoms. The Kier molecular flexibility index (Phi) is 14.3. The van der Waals surface area contributed by atoms with E-state index in [0.717, 1.165) is 48.7 Å². The Morgan fingerprint density at radius 3 is 1.73 bits per heavy atom. The highest BCUT2D eigenvalue weighted by Gasteiger charge is 2.66. The second-order valence-corrected chi connectivity index (χ2v) is 11.0. The van der Waals surface area contributed by atoms with Gasteiger partial charge in [0.2, 0.25) is 5.54 Å². The summed E-state index contributed by atoms with van der Waals surface area (Å²) < 4.78 is 31.8. The largest absolute Gasteiger partial charge is 0.469 e. The number of nitrogens with zero attached hydrogens (tertiary/aromatic N) is 1. The average molecular weight is 644 g/mol. The molecule has 252 valence electrons. The average Bonchev–Trinajstić information content (AvgIpc) is 2.90. The molecule has 16 nitrogen and oxygen atoms in total. The van der Waals surface area contributed by atoms with Crippen LogP contribution in [0.15, 0.2) is 11.1 Å². The maximum Gasteiger partial charge on any atom is 0.316 e. The standard InChI is InChI=1S/C29H41NO15/c1-14-10-22(29(30(38)39,12-15(14)2)23(11-16(3)31)28(37)40-9)25(43-19(6)34)27(45-21(8)36)26(44-20(7)35)24(42-18(5)33)13-41-17(4)32/h22-27H,10-13H2,1-9H3/t22-,23+,24+,25+,26+,27+,29-/m0/s1. The third-order valence-corrected chi connectivity index (χ3v) is 7.45. The van der Waals surface area contributed by atoms with Crippen LogP contribution in [0.5, 0.6) is 0 Å². The number of carbonyl (C=O) groups is 7. The van der Waals surface area contributed by atoms with Crippen LogP contribution in [0.1, 0.15) is 74.7 Å². The number of nitro groups is 1. The molecule has 0 aromatic carbocycles. The van der Waals surface area contributed by atoms with Crippen molar-refractivity contribution in [3.05, 3.63) is 21.3 Å². The Bertz CT molecular complexity index is 1220. The first kappa shape index (κ1) is 38.7. The Morgan fingerprint density at radius 1 is 0.800 bits per heavy atom. The molecular weight excluding hydrogens is 602 g/mol. The van der Waals surface area contributed by atoms with E-state index in [4.69, 9.17) is 28.4 Å². The molecule has 0 unspecified atom stereocenters. The number of ketones is 1. The predicted octanol–water partition coefficient (Wildman–Crippen LogP) is 1.81. The van der Waals surface area contributed by atoms with Crippen molar-refractivity contribution in [3.63, 3.8) is 0 Å². The Morgan fingerprint density at radius 2 is 1.31 bits per heavy atom. The summed E-state index contributed by atoms with van der Waals surface area (Å²) in [5.41, 5.74) is -1.28. The molecule has 0 heterocycles. The first-order valence-electron chi connectivity index (χ1n) is 14.0. The van der Waals surface area contributed by atoms with E-state index in [-0.39, 0.29) is 6.42 Å². The van der Waals surface area contributed by atoms with Crippen LogP contribution in [0.25, 0.3) is 0 Å². The zero-order valence-corrected chi connectivity index (χ0v) is 26.9. The van der Waals surface area contributed by atoms with Crippen LogP contribution in [0.4, 0.5) is 0 Å². The fourth-order valence-electron chi connectivity index (χ4n) is 5.63. The van der Waals surface area contributed by atoms with E-state index in [2.05, 4.69) is 0 Å². The zero-order chi connectivity index (χ0) is 34.8. The molecule has 0 saturated carbocycles. The van der Waals surface area contributed by atoms with Crippen molar-refractivity contribution in [2.45, 2.75) is 105 Å². The number of hydrogen-bond acceptors (Lipinski definition) is 15. The van der Waals surface area contributed by atoms with E-state index in [0.29, 0.717) is 11.1 Å². The maximum absolute atomic E-state index is 13.2. The molecule has 0 radical (unpaired) electrons. The monoisotopic (exact) mass is 643 g/mol. The van der Waals surface area contributed by atoms with E-state index < -0.39 is 108 Å². The van der Waals surface area contributed by atoms with Crippen LogP contribution in [0.2, 0.25) is 0 Å². The lowest BCUT2D eigenvalue weighted by Crippen LogP contribution is -2.64. The lowest BCUT2D eigenvalue weighted by Gasteiger charge is -2.46. The number of rotatable bonds is 15. The van der Waals surface area contributed by atoms with Crippen LogP contribution >= 0.6 is 0 Å². The van der Waals surface area contributed by atoms with E-state index >= 15 is 0 Å². The summed E-state index contributed by atoms with van der Waals surface area (Å²) in [5, 5.41) is 13.2. The number of Topliss-reactive ketones (excluding diaryl/α,β-unsaturated/α-hetero) is 1. The fraction of sp³-hybridized carbons (Fsp3) is 0.690. The minimum atomic E-state index is -2.39. The van der Waals surface area contributed by atoms with Gasteiger partial charge in [-0.05, 0) is 27.2 Å². The molecule has 0 aromatic rings. The van der Waals surface area contributed by atoms with E-state index in [9.17, 15) is 43.7 Å². The molecule has 7 atom stereocenters. The first-order chi connectivity index (χ1) is 20.8. The van der Waals surface area contributed by atoms with Crippen molar-refractivity contribution in [2.24, 2.45) is 11.8 Å². The van der Waals surface area contributed by atoms with Gasteiger partial charge in [0.15, 0.2) is 24.4 Å². The van der Waals surface area contributed by atoms with E-state index in [1.54, 1.807) is 13.8 Å². The Balaban J connectivity index is 4.25. The maximum atomic E-state index is 13.2. The van der Waals surface area contributed by atoms with Crippen molar-refractivity contribution < 1.29 is 66.9 Å². The second kappa shape index (κ2) is 16.6. The highest BCUT2D eigenvalue weighted by atomic mass is 16.6. The second-order valence-electron chi connectivity index (χ2n) is 11.0. The molecule has 0 aromatic heterocycles. The normalized spacial score (nSPS) is 21.1. The number of ether oxygens (including phenoxy) is 6. The Hall–Kier alpha value is -4.37. The molecule has 0 bridgehead atoms. The van der Waals surface area contributed by atoms with Crippen LogP contribution in [-0.4, -0.2) is 90.2 Å². The summed E-state index contributed by atoms with van der Waals surface area (Å²) in [4.78, 5) is 99.2. The lowest BCUT2D eigenvalue weighted by atomic mass is 9.61. The molecule has 0 spiro atoms. The highest BCUT2D eigenvalue weighted by molar-refractivity contribution is 5.84. The van der Waals surface area contributed by atoms with Crippen LogP contribution in [-0.2, 0) is 62.0 Å². The zero-order valence-electron chi connectivity index (χ0n) is 26.9. The van der Waals surface area contributed by atoms with Gasteiger partial charge in [0.1, 0.15) is 18.3 Å². The number of methoxy groups -OCH3 is 1. The van der Waals surface area contributed by atoms with E-state index in [1.165, 1.54) is 0 Å². The van der Waals surface area contributed by atoms with Crippen molar-refractivity contribution in [1.82, 2.24) is 0 Å². The number of allylic oxidation sites excluding steroid dienone is 1. The SMILES string of the molecule is COC(=O)[C@@H](CC(C)=O)[C@]1([N+](=O)[O-])CC(C)=C(C)C[C@H]1[C@@H](OC(C)=O)[C@@H](OC(C)=O)[C@H](OC(C)=O)[C@@H](COC(C)=O)OC(C)=O.